The van der Waals surface area contributed by atoms with Crippen LogP contribution in [-0.2, 0) is 29.1 Å². The van der Waals surface area contributed by atoms with Crippen LogP contribution >= 0.6 is 23.4 Å². The zero-order valence-corrected chi connectivity index (χ0v) is 24.1. The van der Waals surface area contributed by atoms with E-state index in [1.165, 1.54) is 0 Å². The summed E-state index contributed by atoms with van der Waals surface area (Å²) in [6.45, 7) is 2.79. The molecule has 0 fully saturated rings. The van der Waals surface area contributed by atoms with E-state index in [0.29, 0.717) is 29.6 Å². The van der Waals surface area contributed by atoms with Crippen LogP contribution in [0.2, 0.25) is 5.15 Å². The molecule has 0 radical (unpaired) electrons. The first-order chi connectivity index (χ1) is 19.0. The second kappa shape index (κ2) is 14.3. The van der Waals surface area contributed by atoms with Crippen LogP contribution in [-0.4, -0.2) is 61.2 Å². The molecule has 9 nitrogen and oxygen atoms in total. The van der Waals surface area contributed by atoms with Gasteiger partial charge in [0, 0.05) is 18.5 Å². The Morgan fingerprint density at radius 1 is 1.18 bits per heavy atom. The number of aromatic nitrogens is 6. The minimum Gasteiger partial charge on any atom is -0.458 e. The summed E-state index contributed by atoms with van der Waals surface area (Å²) in [5.74, 6) is 2.04. The maximum atomic E-state index is 12.7. The number of halogens is 1. The van der Waals surface area contributed by atoms with Gasteiger partial charge in [-0.2, -0.15) is 17.0 Å². The molecule has 4 aromatic rings. The van der Waals surface area contributed by atoms with E-state index in [4.69, 9.17) is 16.3 Å². The topological polar surface area (TPSA) is 111 Å². The van der Waals surface area contributed by atoms with Crippen LogP contribution in [0.5, 0.6) is 0 Å². The first kappa shape index (κ1) is 28.8. The summed E-state index contributed by atoms with van der Waals surface area (Å²) in [5, 5.41) is 17.9. The smallest absolute Gasteiger partial charge is 0.323 e. The lowest BCUT2D eigenvalue weighted by atomic mass is 9.98. The second-order valence-corrected chi connectivity index (χ2v) is 10.5. The first-order valence-electron chi connectivity index (χ1n) is 13.0. The van der Waals surface area contributed by atoms with Gasteiger partial charge in [0.15, 0.2) is 5.15 Å². The summed E-state index contributed by atoms with van der Waals surface area (Å²) in [4.78, 5) is 17.4. The first-order valence-corrected chi connectivity index (χ1v) is 14.8. The second-order valence-electron chi connectivity index (χ2n) is 9.16. The van der Waals surface area contributed by atoms with E-state index in [1.54, 1.807) is 18.8 Å². The van der Waals surface area contributed by atoms with Crippen LogP contribution in [0.1, 0.15) is 43.3 Å². The third kappa shape index (κ3) is 7.26. The van der Waals surface area contributed by atoms with Crippen molar-refractivity contribution in [1.82, 2.24) is 35.5 Å². The van der Waals surface area contributed by atoms with Crippen LogP contribution in [0.15, 0.2) is 48.5 Å². The zero-order valence-electron chi connectivity index (χ0n) is 22.5. The molecule has 2 aromatic heterocycles. The van der Waals surface area contributed by atoms with Crippen molar-refractivity contribution in [1.29, 1.82) is 0 Å². The summed E-state index contributed by atoms with van der Waals surface area (Å²) in [5.41, 5.74) is 4.77. The van der Waals surface area contributed by atoms with Crippen molar-refractivity contribution in [2.75, 3.05) is 19.1 Å². The molecular formula is C28H34ClN7O2S. The number of tetrazole rings is 1. The standard InChI is InChI=1S/C28H34ClN7O2S/c1-4-5-10-25-31-26(29)24(18-38-28(37)23(30-2)15-16-39-3)36(25)17-19-11-13-20(14-12-19)21-8-6-7-9-22(21)27-32-34-35-33-27/h6-9,11-14,23,30H,4-5,10,15-18H2,1-3H3,(H,32,33,34,35)/t23-/m0/s1. The molecule has 4 rings (SSSR count). The largest absolute Gasteiger partial charge is 0.458 e. The number of unbranched alkanes of at least 4 members (excludes halogenated alkanes) is 1. The van der Waals surface area contributed by atoms with E-state index in [9.17, 15) is 4.79 Å². The number of rotatable bonds is 14. The third-order valence-corrected chi connectivity index (χ3v) is 7.52. The molecule has 2 N–H and O–H groups in total. The van der Waals surface area contributed by atoms with Gasteiger partial charge in [0.25, 0.3) is 0 Å². The van der Waals surface area contributed by atoms with E-state index in [0.717, 1.165) is 53.1 Å². The number of aryl methyl sites for hydroxylation is 1. The Balaban J connectivity index is 1.55. The Morgan fingerprint density at radius 3 is 2.62 bits per heavy atom. The van der Waals surface area contributed by atoms with Gasteiger partial charge >= 0.3 is 5.97 Å². The van der Waals surface area contributed by atoms with E-state index in [-0.39, 0.29) is 18.6 Å². The predicted octanol–water partition coefficient (Wildman–Crippen LogP) is 5.16. The lowest BCUT2D eigenvalue weighted by Gasteiger charge is -2.16. The SMILES string of the molecule is CCCCc1nc(Cl)c(COC(=O)[C@H](CCSC)NC)n1Cc1ccc(-c2ccccc2-c2nn[nH]n2)cc1. The number of esters is 1. The molecule has 39 heavy (non-hydrogen) atoms. The number of likely N-dealkylation sites (N-methyl/N-ethyl adjacent to an activating group) is 1. The number of carbonyl (C=O) groups excluding carboxylic acids is 1. The molecule has 11 heteroatoms. The van der Waals surface area contributed by atoms with Gasteiger partial charge in [0.1, 0.15) is 18.5 Å². The Kier molecular flexibility index (Phi) is 10.5. The number of hydrogen-bond donors (Lipinski definition) is 2. The lowest BCUT2D eigenvalue weighted by Crippen LogP contribution is -2.36. The van der Waals surface area contributed by atoms with E-state index in [2.05, 4.69) is 66.7 Å². The summed E-state index contributed by atoms with van der Waals surface area (Å²) in [6, 6.07) is 16.0. The minimum atomic E-state index is -0.352. The van der Waals surface area contributed by atoms with Crippen molar-refractivity contribution < 1.29 is 9.53 Å². The molecule has 0 unspecified atom stereocenters. The molecule has 0 saturated carbocycles. The molecular weight excluding hydrogens is 534 g/mol. The quantitative estimate of drug-likeness (QED) is 0.201. The fourth-order valence-corrected chi connectivity index (χ4v) is 5.11. The van der Waals surface area contributed by atoms with Crippen molar-refractivity contribution in [2.45, 2.75) is 51.8 Å². The van der Waals surface area contributed by atoms with Crippen LogP contribution in [0.25, 0.3) is 22.5 Å². The normalized spacial score (nSPS) is 12.0. The van der Waals surface area contributed by atoms with Crippen LogP contribution in [0, 0.1) is 0 Å². The summed E-state index contributed by atoms with van der Waals surface area (Å²) in [7, 11) is 1.77. The highest BCUT2D eigenvalue weighted by Crippen LogP contribution is 2.30. The highest BCUT2D eigenvalue weighted by atomic mass is 35.5. The Labute approximate surface area is 238 Å². The van der Waals surface area contributed by atoms with Crippen LogP contribution in [0.3, 0.4) is 0 Å². The summed E-state index contributed by atoms with van der Waals surface area (Å²) >= 11 is 8.29. The van der Waals surface area contributed by atoms with Gasteiger partial charge in [-0.15, -0.1) is 10.2 Å². The van der Waals surface area contributed by atoms with Crippen molar-refractivity contribution >= 4 is 29.3 Å². The molecule has 0 aliphatic heterocycles. The summed E-state index contributed by atoms with van der Waals surface area (Å²) in [6.07, 6.45) is 5.56. The molecule has 0 saturated heterocycles. The van der Waals surface area contributed by atoms with Gasteiger partial charge in [0.05, 0.1) is 5.69 Å². The average molecular weight is 568 g/mol. The summed E-state index contributed by atoms with van der Waals surface area (Å²) < 4.78 is 7.79. The number of aromatic amines is 1. The molecule has 0 aliphatic rings. The maximum absolute atomic E-state index is 12.7. The Bertz CT molecular complexity index is 1340. The monoisotopic (exact) mass is 567 g/mol. The molecule has 2 heterocycles. The van der Waals surface area contributed by atoms with Crippen molar-refractivity contribution in [2.24, 2.45) is 0 Å². The number of benzene rings is 2. The third-order valence-electron chi connectivity index (χ3n) is 6.57. The van der Waals surface area contributed by atoms with Gasteiger partial charge < -0.3 is 14.6 Å². The molecule has 2 aromatic carbocycles. The number of H-pyrrole nitrogens is 1. The lowest BCUT2D eigenvalue weighted by molar-refractivity contribution is -0.147. The van der Waals surface area contributed by atoms with Crippen molar-refractivity contribution in [3.05, 3.63) is 70.8 Å². The van der Waals surface area contributed by atoms with Crippen molar-refractivity contribution in [3.8, 4) is 22.5 Å². The predicted molar refractivity (Wildman–Crippen MR) is 156 cm³/mol. The van der Waals surface area contributed by atoms with E-state index in [1.807, 2.05) is 30.5 Å². The zero-order chi connectivity index (χ0) is 27.6. The molecule has 0 spiro atoms. The Hall–Kier alpha value is -3.21. The molecule has 206 valence electrons. The molecule has 0 bridgehead atoms. The van der Waals surface area contributed by atoms with Gasteiger partial charge in [0.2, 0.25) is 5.82 Å². The van der Waals surface area contributed by atoms with Gasteiger partial charge in [-0.1, -0.05) is 73.5 Å². The maximum Gasteiger partial charge on any atom is 0.323 e. The highest BCUT2D eigenvalue weighted by molar-refractivity contribution is 7.98. The minimum absolute atomic E-state index is 0.0738. The van der Waals surface area contributed by atoms with Gasteiger partial charge in [-0.25, -0.2) is 4.98 Å². The average Bonchev–Trinajstić information content (AvgIpc) is 3.60. The number of thioether (sulfide) groups is 1. The van der Waals surface area contributed by atoms with Crippen LogP contribution in [0.4, 0.5) is 0 Å². The number of imidazole rings is 1. The van der Waals surface area contributed by atoms with Gasteiger partial charge in [-0.05, 0) is 53.8 Å². The Morgan fingerprint density at radius 2 is 1.95 bits per heavy atom. The number of carbonyl (C=O) groups is 1. The van der Waals surface area contributed by atoms with E-state index >= 15 is 0 Å². The number of nitrogens with zero attached hydrogens (tertiary/aromatic N) is 5. The van der Waals surface area contributed by atoms with E-state index < -0.39 is 0 Å². The van der Waals surface area contributed by atoms with Crippen LogP contribution < -0.4 is 5.32 Å². The van der Waals surface area contributed by atoms with Crippen molar-refractivity contribution in [3.63, 3.8) is 0 Å². The molecule has 0 amide bonds. The van der Waals surface area contributed by atoms with Gasteiger partial charge in [-0.3, -0.25) is 4.79 Å². The number of hydrogen-bond acceptors (Lipinski definition) is 8. The fourth-order valence-electron chi connectivity index (χ4n) is 4.39. The highest BCUT2D eigenvalue weighted by Gasteiger charge is 2.21. The molecule has 1 atom stereocenters. The fraction of sp³-hybridized carbons (Fsp3) is 0.393. The number of ether oxygens (including phenoxy) is 1. The number of nitrogens with one attached hydrogen (secondary N) is 2. The molecule has 0 aliphatic carbocycles.